The van der Waals surface area contributed by atoms with Gasteiger partial charge in [0.05, 0.1) is 22.4 Å². The minimum absolute atomic E-state index is 0.759. The zero-order valence-corrected chi connectivity index (χ0v) is 25.9. The average molecular weight is 577 g/mol. The van der Waals surface area contributed by atoms with Gasteiger partial charge in [0.15, 0.2) is 0 Å². The number of aromatic nitrogens is 4. The summed E-state index contributed by atoms with van der Waals surface area (Å²) in [6, 6.07) is 33.7. The first-order chi connectivity index (χ1) is 21.4. The van der Waals surface area contributed by atoms with Gasteiger partial charge in [-0.05, 0) is 98.8 Å². The first kappa shape index (κ1) is 27.7. The van der Waals surface area contributed by atoms with Crippen LogP contribution in [0, 0.1) is 27.7 Å². The van der Waals surface area contributed by atoms with Gasteiger partial charge in [-0.3, -0.25) is 4.57 Å². The second-order valence-electron chi connectivity index (χ2n) is 11.6. The van der Waals surface area contributed by atoms with Gasteiger partial charge in [-0.1, -0.05) is 55.8 Å². The molecule has 4 aromatic carbocycles. The molecule has 0 amide bonds. The van der Waals surface area contributed by atoms with Crippen molar-refractivity contribution in [1.82, 2.24) is 19.3 Å². The third kappa shape index (κ3) is 4.75. The lowest BCUT2D eigenvalue weighted by atomic mass is 9.91. The highest BCUT2D eigenvalue weighted by Gasteiger charge is 2.19. The Morgan fingerprint density at radius 2 is 1.50 bits per heavy atom. The summed E-state index contributed by atoms with van der Waals surface area (Å²) in [7, 11) is 0. The molecule has 0 aliphatic carbocycles. The fourth-order valence-corrected chi connectivity index (χ4v) is 6.54. The van der Waals surface area contributed by atoms with Crippen LogP contribution in [-0.2, 0) is 6.42 Å². The third-order valence-corrected chi connectivity index (χ3v) is 8.49. The topological polar surface area (TPSA) is 44.9 Å². The van der Waals surface area contributed by atoms with Gasteiger partial charge in [0.1, 0.15) is 17.3 Å². The molecule has 0 aliphatic rings. The van der Waals surface area contributed by atoms with Crippen molar-refractivity contribution in [2.24, 2.45) is 0 Å². The van der Waals surface area contributed by atoms with Crippen LogP contribution in [0.5, 0.6) is 11.5 Å². The van der Waals surface area contributed by atoms with Gasteiger partial charge < -0.3 is 4.74 Å². The fourth-order valence-electron chi connectivity index (χ4n) is 6.54. The van der Waals surface area contributed by atoms with E-state index < -0.39 is 0 Å². The number of rotatable bonds is 7. The summed E-state index contributed by atoms with van der Waals surface area (Å²) in [6.07, 6.45) is 4.02. The van der Waals surface area contributed by atoms with Crippen molar-refractivity contribution in [2.75, 3.05) is 0 Å². The number of ether oxygens (including phenoxy) is 1. The molecule has 0 aliphatic heterocycles. The Bertz CT molecular complexity index is 2170. The molecule has 5 heteroatoms. The molecule has 44 heavy (non-hydrogen) atoms. The zero-order valence-electron chi connectivity index (χ0n) is 25.9. The van der Waals surface area contributed by atoms with Crippen LogP contribution in [0.1, 0.15) is 41.4 Å². The van der Waals surface area contributed by atoms with Crippen LogP contribution in [0.4, 0.5) is 0 Å². The molecule has 0 spiro atoms. The van der Waals surface area contributed by atoms with Gasteiger partial charge in [-0.25, -0.2) is 9.67 Å². The number of aryl methyl sites for hydroxylation is 4. The molecule has 0 radical (unpaired) electrons. The number of pyridine rings is 1. The van der Waals surface area contributed by atoms with Crippen molar-refractivity contribution in [2.45, 2.75) is 47.5 Å². The van der Waals surface area contributed by atoms with Crippen molar-refractivity contribution in [3.05, 3.63) is 131 Å². The van der Waals surface area contributed by atoms with E-state index in [0.717, 1.165) is 58.3 Å². The monoisotopic (exact) mass is 576 g/mol. The Morgan fingerprint density at radius 3 is 2.34 bits per heavy atom. The minimum atomic E-state index is 0.759. The van der Waals surface area contributed by atoms with Crippen molar-refractivity contribution in [3.63, 3.8) is 0 Å². The Labute approximate surface area is 258 Å². The quantitative estimate of drug-likeness (QED) is 0.190. The van der Waals surface area contributed by atoms with Gasteiger partial charge in [-0.15, -0.1) is 0 Å². The summed E-state index contributed by atoms with van der Waals surface area (Å²) in [4.78, 5) is 4.71. The summed E-state index contributed by atoms with van der Waals surface area (Å²) < 4.78 is 10.8. The normalized spacial score (nSPS) is 11.5. The van der Waals surface area contributed by atoms with Crippen LogP contribution in [-0.4, -0.2) is 19.3 Å². The van der Waals surface area contributed by atoms with Crippen LogP contribution in [0.3, 0.4) is 0 Å². The number of benzene rings is 4. The lowest BCUT2D eigenvalue weighted by Crippen LogP contribution is -2.00. The predicted molar refractivity (Wildman–Crippen MR) is 181 cm³/mol. The Kier molecular flexibility index (Phi) is 7.01. The summed E-state index contributed by atoms with van der Waals surface area (Å²) in [5.74, 6) is 2.42. The number of para-hydroxylation sites is 1. The maximum absolute atomic E-state index is 6.52. The molecule has 3 aromatic heterocycles. The second-order valence-corrected chi connectivity index (χ2v) is 11.6. The average Bonchev–Trinajstić information content (AvgIpc) is 3.50. The molecule has 0 atom stereocenters. The van der Waals surface area contributed by atoms with Gasteiger partial charge in [0.25, 0.3) is 0 Å². The molecule has 0 unspecified atom stereocenters. The largest absolute Gasteiger partial charge is 0.457 e. The Morgan fingerprint density at radius 1 is 0.705 bits per heavy atom. The SMILES string of the molecule is CCCc1cccc(C)c1-c1c(C)nn(-c2cccc(Oc3ccc4c5ccccc5n(-c5cc(C)ccn5)c4c3)c2)c1C. The van der Waals surface area contributed by atoms with Gasteiger partial charge in [-0.2, -0.15) is 5.10 Å². The van der Waals surface area contributed by atoms with Crippen molar-refractivity contribution in [3.8, 4) is 34.1 Å². The minimum Gasteiger partial charge on any atom is -0.457 e. The van der Waals surface area contributed by atoms with Crippen LogP contribution in [0.15, 0.2) is 103 Å². The molecule has 7 rings (SSSR count). The van der Waals surface area contributed by atoms with E-state index in [1.54, 1.807) is 0 Å². The highest BCUT2D eigenvalue weighted by atomic mass is 16.5. The van der Waals surface area contributed by atoms with Crippen LogP contribution >= 0.6 is 0 Å². The van der Waals surface area contributed by atoms with E-state index >= 15 is 0 Å². The molecule has 0 N–H and O–H groups in total. The van der Waals surface area contributed by atoms with Crippen molar-refractivity contribution < 1.29 is 4.74 Å². The van der Waals surface area contributed by atoms with Crippen LogP contribution < -0.4 is 4.74 Å². The Balaban J connectivity index is 1.28. The van der Waals surface area contributed by atoms with E-state index in [1.165, 1.54) is 38.6 Å². The van der Waals surface area contributed by atoms with E-state index in [0.29, 0.717) is 0 Å². The molecular weight excluding hydrogens is 540 g/mol. The summed E-state index contributed by atoms with van der Waals surface area (Å²) in [6.45, 7) is 10.8. The number of fused-ring (bicyclic) bond motifs is 3. The number of hydrogen-bond donors (Lipinski definition) is 0. The second kappa shape index (κ2) is 11.2. The number of nitrogens with zero attached hydrogens (tertiary/aromatic N) is 4. The zero-order chi connectivity index (χ0) is 30.4. The summed E-state index contributed by atoms with van der Waals surface area (Å²) in [5.41, 5.74) is 11.7. The molecule has 0 saturated heterocycles. The van der Waals surface area contributed by atoms with Crippen LogP contribution in [0.25, 0.3) is 44.4 Å². The van der Waals surface area contributed by atoms with E-state index in [1.807, 2.05) is 35.1 Å². The van der Waals surface area contributed by atoms with Crippen LogP contribution in [0.2, 0.25) is 0 Å². The fraction of sp³-hybridized carbons (Fsp3) is 0.179. The standard InChI is InChI=1S/C39H36N4O/c1-6-11-29-13-9-12-26(3)38(29)39-27(4)41-43(28(39)5)30-14-10-15-31(23-30)44-32-18-19-34-33-16-7-8-17-35(33)42(36(34)24-32)37-22-25(2)20-21-40-37/h7-10,12-24H,6,11H2,1-5H3. The highest BCUT2D eigenvalue weighted by molar-refractivity contribution is 6.09. The van der Waals surface area contributed by atoms with E-state index in [4.69, 9.17) is 14.8 Å². The summed E-state index contributed by atoms with van der Waals surface area (Å²) in [5, 5.41) is 7.37. The lowest BCUT2D eigenvalue weighted by Gasteiger charge is -2.14. The van der Waals surface area contributed by atoms with Gasteiger partial charge >= 0.3 is 0 Å². The molecule has 7 aromatic rings. The molecule has 0 bridgehead atoms. The van der Waals surface area contributed by atoms with E-state index in [9.17, 15) is 0 Å². The molecule has 3 heterocycles. The third-order valence-electron chi connectivity index (χ3n) is 8.49. The maximum atomic E-state index is 6.52. The molecule has 5 nitrogen and oxygen atoms in total. The smallest absolute Gasteiger partial charge is 0.137 e. The van der Waals surface area contributed by atoms with E-state index in [2.05, 4.69) is 112 Å². The number of hydrogen-bond acceptors (Lipinski definition) is 3. The summed E-state index contributed by atoms with van der Waals surface area (Å²) >= 11 is 0. The lowest BCUT2D eigenvalue weighted by molar-refractivity contribution is 0.483. The van der Waals surface area contributed by atoms with Gasteiger partial charge in [0, 0.05) is 40.4 Å². The first-order valence-corrected chi connectivity index (χ1v) is 15.3. The highest BCUT2D eigenvalue weighted by Crippen LogP contribution is 2.37. The van der Waals surface area contributed by atoms with Crippen molar-refractivity contribution >= 4 is 21.8 Å². The maximum Gasteiger partial charge on any atom is 0.137 e. The first-order valence-electron chi connectivity index (χ1n) is 15.3. The Hall–Kier alpha value is -5.16. The molecule has 218 valence electrons. The predicted octanol–water partition coefficient (Wildman–Crippen LogP) is 10.0. The molecule has 0 fully saturated rings. The molecule has 0 saturated carbocycles. The van der Waals surface area contributed by atoms with E-state index in [-0.39, 0.29) is 0 Å². The molecular formula is C39H36N4O. The van der Waals surface area contributed by atoms with Crippen molar-refractivity contribution in [1.29, 1.82) is 0 Å². The van der Waals surface area contributed by atoms with Gasteiger partial charge in [0.2, 0.25) is 0 Å².